The van der Waals surface area contributed by atoms with E-state index >= 15 is 0 Å². The summed E-state index contributed by atoms with van der Waals surface area (Å²) in [6.07, 6.45) is 7.56. The Kier molecular flexibility index (Phi) is 6.63. The Morgan fingerprint density at radius 1 is 1.16 bits per heavy atom. The van der Waals surface area contributed by atoms with E-state index in [0.717, 1.165) is 54.7 Å². The lowest BCUT2D eigenvalue weighted by Gasteiger charge is -2.33. The monoisotopic (exact) mass is 544 g/mol. The molecule has 0 bridgehead atoms. The number of nitrogens with one attached hydrogen (secondary N) is 3. The van der Waals surface area contributed by atoms with Gasteiger partial charge in [-0.05, 0) is 50.8 Å². The van der Waals surface area contributed by atoms with Gasteiger partial charge in [0.15, 0.2) is 0 Å². The number of H-pyrrole nitrogens is 1. The Labute approximate surface area is 219 Å². The number of nitrogens with zero attached hydrogens (tertiary/aromatic N) is 5. The van der Waals surface area contributed by atoms with Gasteiger partial charge in [-0.1, -0.05) is 0 Å². The molecule has 6 rings (SSSR count). The number of rotatable bonds is 7. The number of anilines is 2. The minimum absolute atomic E-state index is 0.250. The van der Waals surface area contributed by atoms with Crippen molar-refractivity contribution in [2.24, 2.45) is 5.92 Å². The highest BCUT2D eigenvalue weighted by molar-refractivity contribution is 7.88. The molecule has 0 unspecified atom stereocenters. The molecule has 3 fully saturated rings. The van der Waals surface area contributed by atoms with Gasteiger partial charge in [-0.25, -0.2) is 13.4 Å². The SMILES string of the molecule is CS(=O)(=O)N1CCN(c2nc(NC[C@@H]3CCCNC3)c(-c3nc4c(C5CC5)nccc4s3)c(=O)[nH]2)CC1. The number of pyridine rings is 1. The van der Waals surface area contributed by atoms with Gasteiger partial charge < -0.3 is 15.5 Å². The molecule has 1 saturated carbocycles. The van der Waals surface area contributed by atoms with Gasteiger partial charge in [0.25, 0.3) is 5.56 Å². The summed E-state index contributed by atoms with van der Waals surface area (Å²) in [6.45, 7) is 4.31. The van der Waals surface area contributed by atoms with Crippen LogP contribution in [0.1, 0.15) is 37.3 Å². The lowest BCUT2D eigenvalue weighted by atomic mass is 10.00. The summed E-state index contributed by atoms with van der Waals surface area (Å²) in [4.78, 5) is 32.8. The van der Waals surface area contributed by atoms with Gasteiger partial charge in [-0.2, -0.15) is 9.29 Å². The maximum absolute atomic E-state index is 13.6. The van der Waals surface area contributed by atoms with Crippen LogP contribution in [0.25, 0.3) is 20.8 Å². The highest BCUT2D eigenvalue weighted by Gasteiger charge is 2.30. The van der Waals surface area contributed by atoms with E-state index in [2.05, 4.69) is 20.6 Å². The Morgan fingerprint density at radius 2 is 1.97 bits per heavy atom. The van der Waals surface area contributed by atoms with Crippen molar-refractivity contribution in [1.82, 2.24) is 29.6 Å². The molecule has 5 heterocycles. The maximum atomic E-state index is 13.6. The van der Waals surface area contributed by atoms with Gasteiger partial charge in [0.1, 0.15) is 21.9 Å². The summed E-state index contributed by atoms with van der Waals surface area (Å²) in [5.74, 6) is 1.88. The molecular formula is C24H32N8O3S2. The molecular weight excluding hydrogens is 512 g/mol. The van der Waals surface area contributed by atoms with Crippen molar-refractivity contribution in [3.63, 3.8) is 0 Å². The molecule has 1 aliphatic carbocycles. The second-order valence-electron chi connectivity index (χ2n) is 10.2. The minimum Gasteiger partial charge on any atom is -0.369 e. The van der Waals surface area contributed by atoms with E-state index in [0.29, 0.717) is 66.9 Å². The molecule has 2 aliphatic heterocycles. The molecule has 3 aromatic rings. The van der Waals surface area contributed by atoms with Gasteiger partial charge in [0.2, 0.25) is 16.0 Å². The van der Waals surface area contributed by atoms with Crippen LogP contribution >= 0.6 is 11.3 Å². The molecule has 3 N–H and O–H groups in total. The smallest absolute Gasteiger partial charge is 0.264 e. The molecule has 11 nitrogen and oxygen atoms in total. The summed E-state index contributed by atoms with van der Waals surface area (Å²) >= 11 is 1.49. The molecule has 13 heteroatoms. The first-order chi connectivity index (χ1) is 17.9. The largest absolute Gasteiger partial charge is 0.369 e. The van der Waals surface area contributed by atoms with Crippen molar-refractivity contribution in [2.45, 2.75) is 31.6 Å². The Hall–Kier alpha value is -2.61. The lowest BCUT2D eigenvalue weighted by Crippen LogP contribution is -2.49. The zero-order valence-corrected chi connectivity index (χ0v) is 22.5. The molecule has 2 saturated heterocycles. The van der Waals surface area contributed by atoms with E-state index in [4.69, 9.17) is 9.97 Å². The molecule has 0 spiro atoms. The molecule has 3 aromatic heterocycles. The first kappa shape index (κ1) is 24.7. The third-order valence-corrected chi connectivity index (χ3v) is 9.73. The molecule has 3 aliphatic rings. The topological polar surface area (TPSA) is 136 Å². The van der Waals surface area contributed by atoms with Crippen LogP contribution in [-0.2, 0) is 10.0 Å². The predicted molar refractivity (Wildman–Crippen MR) is 146 cm³/mol. The number of piperidine rings is 1. The standard InChI is InChI=1S/C24H32N8O3S2/c1-37(34,35)32-11-9-31(10-12-32)24-29-21(27-14-15-3-2-7-25-13-15)18(22(33)30-24)23-28-20-17(36-23)6-8-26-19(20)16-4-5-16/h6,8,15-16,25H,2-5,7,9-14H2,1H3,(H2,27,29,30,33)/t15-/m1/s1. The lowest BCUT2D eigenvalue weighted by molar-refractivity contribution is 0.385. The van der Waals surface area contributed by atoms with Gasteiger partial charge >= 0.3 is 0 Å². The molecule has 1 atom stereocenters. The first-order valence-corrected chi connectivity index (χ1v) is 15.6. The van der Waals surface area contributed by atoms with Crippen LogP contribution in [0, 0.1) is 5.92 Å². The number of aromatic nitrogens is 4. The van der Waals surface area contributed by atoms with E-state index in [1.807, 2.05) is 17.2 Å². The van der Waals surface area contributed by atoms with Crippen molar-refractivity contribution in [2.75, 3.05) is 62.3 Å². The van der Waals surface area contributed by atoms with Crippen molar-refractivity contribution in [3.8, 4) is 10.6 Å². The van der Waals surface area contributed by atoms with Crippen molar-refractivity contribution in [1.29, 1.82) is 0 Å². The van der Waals surface area contributed by atoms with Crippen LogP contribution in [0.15, 0.2) is 17.1 Å². The zero-order chi connectivity index (χ0) is 25.6. The summed E-state index contributed by atoms with van der Waals surface area (Å²) in [7, 11) is -3.25. The Balaban J connectivity index is 1.35. The number of piperazine rings is 1. The Morgan fingerprint density at radius 3 is 2.68 bits per heavy atom. The highest BCUT2D eigenvalue weighted by Crippen LogP contribution is 2.43. The Bertz CT molecular complexity index is 1450. The fraction of sp³-hybridized carbons (Fsp3) is 0.583. The normalized spacial score (nSPS) is 21.4. The van der Waals surface area contributed by atoms with Crippen LogP contribution in [0.2, 0.25) is 0 Å². The summed E-state index contributed by atoms with van der Waals surface area (Å²) < 4.78 is 26.3. The zero-order valence-electron chi connectivity index (χ0n) is 20.9. The van der Waals surface area contributed by atoms with Crippen molar-refractivity contribution < 1.29 is 8.42 Å². The molecule has 0 aromatic carbocycles. The quantitative estimate of drug-likeness (QED) is 0.407. The fourth-order valence-electron chi connectivity index (χ4n) is 5.15. The summed E-state index contributed by atoms with van der Waals surface area (Å²) in [5.41, 5.74) is 2.10. The van der Waals surface area contributed by atoms with Gasteiger partial charge in [-0.15, -0.1) is 11.3 Å². The first-order valence-electron chi connectivity index (χ1n) is 12.9. The number of fused-ring (bicyclic) bond motifs is 1. The second-order valence-corrected chi connectivity index (χ2v) is 13.2. The van der Waals surface area contributed by atoms with Crippen LogP contribution < -0.4 is 21.1 Å². The van der Waals surface area contributed by atoms with Gasteiger partial charge in [-0.3, -0.25) is 14.8 Å². The van der Waals surface area contributed by atoms with E-state index in [9.17, 15) is 13.2 Å². The average molecular weight is 545 g/mol. The third-order valence-electron chi connectivity index (χ3n) is 7.38. The highest BCUT2D eigenvalue weighted by atomic mass is 32.2. The fourth-order valence-corrected chi connectivity index (χ4v) is 6.98. The third kappa shape index (κ3) is 5.22. The second kappa shape index (κ2) is 9.93. The van der Waals surface area contributed by atoms with Crippen molar-refractivity contribution in [3.05, 3.63) is 28.3 Å². The van der Waals surface area contributed by atoms with E-state index in [1.54, 1.807) is 0 Å². The molecule has 37 heavy (non-hydrogen) atoms. The number of hydrogen-bond donors (Lipinski definition) is 3. The van der Waals surface area contributed by atoms with Crippen molar-refractivity contribution >= 4 is 43.3 Å². The van der Waals surface area contributed by atoms with E-state index in [1.165, 1.54) is 21.9 Å². The number of aromatic amines is 1. The number of hydrogen-bond acceptors (Lipinski definition) is 10. The van der Waals surface area contributed by atoms with Gasteiger partial charge in [0, 0.05) is 44.8 Å². The number of sulfonamides is 1. The maximum Gasteiger partial charge on any atom is 0.264 e. The summed E-state index contributed by atoms with van der Waals surface area (Å²) in [6, 6.07) is 1.96. The molecule has 0 radical (unpaired) electrons. The van der Waals surface area contributed by atoms with Crippen LogP contribution in [0.3, 0.4) is 0 Å². The van der Waals surface area contributed by atoms with Gasteiger partial charge in [0.05, 0.1) is 16.6 Å². The van der Waals surface area contributed by atoms with E-state index in [-0.39, 0.29) is 5.56 Å². The minimum atomic E-state index is -3.25. The molecule has 0 amide bonds. The average Bonchev–Trinajstić information content (AvgIpc) is 3.65. The van der Waals surface area contributed by atoms with Crippen LogP contribution in [0.4, 0.5) is 11.8 Å². The predicted octanol–water partition coefficient (Wildman–Crippen LogP) is 1.81. The molecule has 198 valence electrons. The number of thiazole rings is 1. The summed E-state index contributed by atoms with van der Waals surface area (Å²) in [5, 5.41) is 7.55. The van der Waals surface area contributed by atoms with Crippen LogP contribution in [0.5, 0.6) is 0 Å². The van der Waals surface area contributed by atoms with E-state index < -0.39 is 10.0 Å². The van der Waals surface area contributed by atoms with Crippen LogP contribution in [-0.4, -0.2) is 84.7 Å².